The molecule has 0 amide bonds. The first-order valence-corrected chi connectivity index (χ1v) is 6.93. The minimum Gasteiger partial charge on any atom is -0.494 e. The van der Waals surface area contributed by atoms with Crippen molar-refractivity contribution < 1.29 is 28.6 Å². The monoisotopic (exact) mass is 321 g/mol. The first-order valence-electron chi connectivity index (χ1n) is 6.93. The number of nitrogens with zero attached hydrogens (tertiary/aromatic N) is 1. The lowest BCUT2D eigenvalue weighted by Crippen LogP contribution is -2.06. The van der Waals surface area contributed by atoms with Crippen molar-refractivity contribution >= 4 is 23.8 Å². The average Bonchev–Trinajstić information content (AvgIpc) is 2.58. The van der Waals surface area contributed by atoms with Crippen molar-refractivity contribution in [1.82, 2.24) is 4.98 Å². The van der Waals surface area contributed by atoms with E-state index in [0.717, 1.165) is 0 Å². The summed E-state index contributed by atoms with van der Waals surface area (Å²) in [6, 6.07) is 3.13. The molecule has 1 aromatic heterocycles. The summed E-state index contributed by atoms with van der Waals surface area (Å²) in [5, 5.41) is 0. The van der Waals surface area contributed by atoms with Crippen LogP contribution in [0.3, 0.4) is 0 Å². The van der Waals surface area contributed by atoms with E-state index in [1.54, 1.807) is 6.07 Å². The molecular formula is C16H19NO6. The number of esters is 2. The number of carbonyl (C=O) groups excluding carboxylic acids is 3. The minimum absolute atomic E-state index is 0.174. The number of Topliss-reactive ketones (excluding diaryl/α,β-unsaturated/α-hetero) is 1. The van der Waals surface area contributed by atoms with E-state index in [2.05, 4.69) is 14.5 Å². The number of hydrogen-bond acceptors (Lipinski definition) is 7. The summed E-state index contributed by atoms with van der Waals surface area (Å²) in [4.78, 5) is 38.4. The largest absolute Gasteiger partial charge is 0.494 e. The van der Waals surface area contributed by atoms with Crippen molar-refractivity contribution in [3.05, 3.63) is 29.6 Å². The van der Waals surface area contributed by atoms with Gasteiger partial charge in [-0.25, -0.2) is 9.78 Å². The van der Waals surface area contributed by atoms with Crippen molar-refractivity contribution in [2.75, 3.05) is 21.3 Å². The summed E-state index contributed by atoms with van der Waals surface area (Å²) in [5.74, 6) is -0.675. The van der Waals surface area contributed by atoms with Crippen LogP contribution in [0, 0.1) is 0 Å². The molecule has 23 heavy (non-hydrogen) atoms. The number of ether oxygens (including phenoxy) is 3. The molecule has 0 aromatic carbocycles. The SMILES string of the molecule is COC(=O)C=Cc1nc(C(=O)CCCC(=O)OC)ccc1OC. The summed E-state index contributed by atoms with van der Waals surface area (Å²) in [6.45, 7) is 0. The summed E-state index contributed by atoms with van der Waals surface area (Å²) < 4.78 is 14.2. The number of pyridine rings is 1. The Kier molecular flexibility index (Phi) is 7.45. The third-order valence-electron chi connectivity index (χ3n) is 2.98. The lowest BCUT2D eigenvalue weighted by Gasteiger charge is -2.06. The molecule has 0 spiro atoms. The molecule has 0 saturated carbocycles. The van der Waals surface area contributed by atoms with Crippen LogP contribution in [0.5, 0.6) is 5.75 Å². The van der Waals surface area contributed by atoms with E-state index in [-0.39, 0.29) is 30.3 Å². The average molecular weight is 321 g/mol. The molecule has 1 heterocycles. The molecule has 0 atom stereocenters. The molecule has 0 saturated heterocycles. The zero-order valence-corrected chi connectivity index (χ0v) is 13.3. The Hall–Kier alpha value is -2.70. The second-order valence-electron chi connectivity index (χ2n) is 4.49. The maximum Gasteiger partial charge on any atom is 0.330 e. The van der Waals surface area contributed by atoms with Crippen LogP contribution >= 0.6 is 0 Å². The number of methoxy groups -OCH3 is 3. The molecule has 1 rings (SSSR count). The highest BCUT2D eigenvalue weighted by atomic mass is 16.5. The van der Waals surface area contributed by atoms with Crippen LogP contribution in [0.15, 0.2) is 18.2 Å². The van der Waals surface area contributed by atoms with E-state index < -0.39 is 5.97 Å². The van der Waals surface area contributed by atoms with Crippen LogP contribution in [-0.2, 0) is 19.1 Å². The minimum atomic E-state index is -0.538. The standard InChI is InChI=1S/C16H19NO6/c1-21-14-9-7-11(13(18)5-4-6-15(19)22-2)17-12(14)8-10-16(20)23-3/h7-10H,4-6H2,1-3H3. The lowest BCUT2D eigenvalue weighted by atomic mass is 10.1. The normalized spacial score (nSPS) is 10.4. The third-order valence-corrected chi connectivity index (χ3v) is 2.98. The van der Waals surface area contributed by atoms with Gasteiger partial charge in [-0.15, -0.1) is 0 Å². The number of carbonyl (C=O) groups is 3. The van der Waals surface area contributed by atoms with Gasteiger partial charge in [0.25, 0.3) is 0 Å². The second-order valence-corrected chi connectivity index (χ2v) is 4.49. The van der Waals surface area contributed by atoms with Gasteiger partial charge in [-0.1, -0.05) is 0 Å². The molecule has 0 fully saturated rings. The topological polar surface area (TPSA) is 91.8 Å². The van der Waals surface area contributed by atoms with Gasteiger partial charge in [0.05, 0.1) is 21.3 Å². The molecule has 124 valence electrons. The first-order chi connectivity index (χ1) is 11.0. The highest BCUT2D eigenvalue weighted by molar-refractivity contribution is 5.95. The fourth-order valence-electron chi connectivity index (χ4n) is 1.75. The second kappa shape index (κ2) is 9.34. The van der Waals surface area contributed by atoms with Crippen molar-refractivity contribution in [2.45, 2.75) is 19.3 Å². The van der Waals surface area contributed by atoms with Crippen molar-refractivity contribution in [3.63, 3.8) is 0 Å². The van der Waals surface area contributed by atoms with E-state index in [9.17, 15) is 14.4 Å². The predicted octanol–water partition coefficient (Wildman–Crippen LogP) is 1.80. The summed E-state index contributed by atoms with van der Waals surface area (Å²) in [7, 11) is 4.03. The van der Waals surface area contributed by atoms with Crippen molar-refractivity contribution in [3.8, 4) is 5.75 Å². The lowest BCUT2D eigenvalue weighted by molar-refractivity contribution is -0.140. The van der Waals surface area contributed by atoms with Crippen LogP contribution in [0.2, 0.25) is 0 Å². The van der Waals surface area contributed by atoms with Gasteiger partial charge in [0, 0.05) is 18.9 Å². The fraction of sp³-hybridized carbons (Fsp3) is 0.375. The number of ketones is 1. The quantitative estimate of drug-likeness (QED) is 0.409. The molecule has 0 aliphatic carbocycles. The van der Waals surface area contributed by atoms with Gasteiger partial charge in [-0.2, -0.15) is 0 Å². The van der Waals surface area contributed by atoms with Crippen LogP contribution in [-0.4, -0.2) is 44.0 Å². The van der Waals surface area contributed by atoms with Crippen molar-refractivity contribution in [1.29, 1.82) is 0 Å². The molecule has 7 heteroatoms. The highest BCUT2D eigenvalue weighted by Crippen LogP contribution is 2.19. The van der Waals surface area contributed by atoms with E-state index in [0.29, 0.717) is 17.9 Å². The number of hydrogen-bond donors (Lipinski definition) is 0. The molecule has 7 nitrogen and oxygen atoms in total. The van der Waals surface area contributed by atoms with Gasteiger partial charge in [-0.05, 0) is 24.6 Å². The molecule has 0 unspecified atom stereocenters. The summed E-state index contributed by atoms with van der Waals surface area (Å²) in [6.07, 6.45) is 3.33. The maximum atomic E-state index is 12.1. The number of rotatable bonds is 8. The Morgan fingerprint density at radius 3 is 2.43 bits per heavy atom. The van der Waals surface area contributed by atoms with Gasteiger partial charge in [0.15, 0.2) is 5.78 Å². The van der Waals surface area contributed by atoms with E-state index >= 15 is 0 Å². The van der Waals surface area contributed by atoms with Crippen molar-refractivity contribution in [2.24, 2.45) is 0 Å². The van der Waals surface area contributed by atoms with E-state index in [1.165, 1.54) is 39.5 Å². The highest BCUT2D eigenvalue weighted by Gasteiger charge is 2.12. The van der Waals surface area contributed by atoms with Gasteiger partial charge >= 0.3 is 11.9 Å². The molecule has 0 aliphatic rings. The van der Waals surface area contributed by atoms with Crippen LogP contribution in [0.1, 0.15) is 35.4 Å². The van der Waals surface area contributed by atoms with Gasteiger partial charge < -0.3 is 14.2 Å². The van der Waals surface area contributed by atoms with Gasteiger partial charge in [0.2, 0.25) is 0 Å². The van der Waals surface area contributed by atoms with Crippen LogP contribution < -0.4 is 4.74 Å². The summed E-state index contributed by atoms with van der Waals surface area (Å²) >= 11 is 0. The molecule has 1 aromatic rings. The molecular weight excluding hydrogens is 302 g/mol. The third kappa shape index (κ3) is 5.90. The van der Waals surface area contributed by atoms with Crippen LogP contribution in [0.4, 0.5) is 0 Å². The Morgan fingerprint density at radius 2 is 1.83 bits per heavy atom. The Balaban J connectivity index is 2.83. The Morgan fingerprint density at radius 1 is 1.09 bits per heavy atom. The molecule has 0 radical (unpaired) electrons. The van der Waals surface area contributed by atoms with Gasteiger partial charge in [0.1, 0.15) is 17.1 Å². The molecule has 0 aliphatic heterocycles. The molecule has 0 bridgehead atoms. The van der Waals surface area contributed by atoms with Crippen LogP contribution in [0.25, 0.3) is 6.08 Å². The Bertz CT molecular complexity index is 609. The predicted molar refractivity (Wildman–Crippen MR) is 82.0 cm³/mol. The molecule has 0 N–H and O–H groups in total. The fourth-order valence-corrected chi connectivity index (χ4v) is 1.75. The zero-order valence-electron chi connectivity index (χ0n) is 13.3. The van der Waals surface area contributed by atoms with Gasteiger partial charge in [-0.3, -0.25) is 9.59 Å². The Labute approximate surface area is 134 Å². The maximum absolute atomic E-state index is 12.1. The smallest absolute Gasteiger partial charge is 0.330 e. The van der Waals surface area contributed by atoms with E-state index in [1.807, 2.05) is 0 Å². The summed E-state index contributed by atoms with van der Waals surface area (Å²) in [5.41, 5.74) is 0.580. The first kappa shape index (κ1) is 18.3. The van der Waals surface area contributed by atoms with E-state index in [4.69, 9.17) is 4.74 Å². The zero-order chi connectivity index (χ0) is 17.2. The number of aromatic nitrogens is 1.